The average molecular weight is 442 g/mol. The number of urea groups is 1. The highest BCUT2D eigenvalue weighted by molar-refractivity contribution is 5.87. The number of piperazine rings is 1. The molecule has 3 amide bonds. The Hall–Kier alpha value is -3.30. The summed E-state index contributed by atoms with van der Waals surface area (Å²) in [5, 5.41) is 20.9. The van der Waals surface area contributed by atoms with Gasteiger partial charge in [0.2, 0.25) is 0 Å². The molecule has 0 aliphatic carbocycles. The topological polar surface area (TPSA) is 108 Å². The van der Waals surface area contributed by atoms with E-state index < -0.39 is 24.1 Å². The molecule has 0 spiro atoms. The van der Waals surface area contributed by atoms with Crippen LogP contribution in [0.5, 0.6) is 0 Å². The van der Waals surface area contributed by atoms with Crippen molar-refractivity contribution < 1.29 is 19.9 Å². The first-order chi connectivity index (χ1) is 15.3. The van der Waals surface area contributed by atoms with E-state index in [-0.39, 0.29) is 0 Å². The van der Waals surface area contributed by atoms with E-state index in [1.165, 1.54) is 12.4 Å². The van der Waals surface area contributed by atoms with Crippen LogP contribution < -0.4 is 20.6 Å². The average Bonchev–Trinajstić information content (AvgIpc) is 2.82. The van der Waals surface area contributed by atoms with Crippen molar-refractivity contribution in [3.05, 3.63) is 48.5 Å². The molecule has 1 fully saturated rings. The maximum absolute atomic E-state index is 12.5. The highest BCUT2D eigenvalue weighted by atomic mass is 16.5. The van der Waals surface area contributed by atoms with Crippen LogP contribution in [0.15, 0.2) is 48.5 Å². The van der Waals surface area contributed by atoms with Crippen molar-refractivity contribution in [2.75, 3.05) is 50.1 Å². The van der Waals surface area contributed by atoms with Gasteiger partial charge in [-0.25, -0.2) is 10.3 Å². The van der Waals surface area contributed by atoms with Crippen LogP contribution in [0.3, 0.4) is 0 Å². The van der Waals surface area contributed by atoms with Gasteiger partial charge in [0, 0.05) is 51.6 Å². The van der Waals surface area contributed by atoms with Crippen molar-refractivity contribution >= 4 is 23.3 Å². The third-order valence-corrected chi connectivity index (χ3v) is 5.67. The fourth-order valence-electron chi connectivity index (χ4n) is 3.68. The lowest BCUT2D eigenvalue weighted by Crippen LogP contribution is -2.58. The van der Waals surface area contributed by atoms with Crippen molar-refractivity contribution in [3.63, 3.8) is 0 Å². The van der Waals surface area contributed by atoms with Gasteiger partial charge in [0.15, 0.2) is 0 Å². The van der Waals surface area contributed by atoms with Crippen LogP contribution in [0.4, 0.5) is 16.2 Å². The van der Waals surface area contributed by atoms with Crippen molar-refractivity contribution in [1.29, 1.82) is 0 Å². The second kappa shape index (κ2) is 10.3. The molecular formula is C23H31N5O4. The minimum Gasteiger partial charge on any atom is -0.391 e. The molecule has 0 bridgehead atoms. The molecule has 1 heterocycles. The number of rotatable bonds is 6. The summed E-state index contributed by atoms with van der Waals surface area (Å²) in [6.07, 6.45) is -1.13. The van der Waals surface area contributed by atoms with Crippen molar-refractivity contribution in [1.82, 2.24) is 15.7 Å². The van der Waals surface area contributed by atoms with E-state index in [0.717, 1.165) is 22.5 Å². The maximum Gasteiger partial charge on any atom is 0.318 e. The van der Waals surface area contributed by atoms with E-state index in [1.54, 1.807) is 4.90 Å². The standard InChI is InChI=1S/C23H31N5O4/c1-16(29)21(22(30)25-32)24-23(31)28-14-12-27(13-15-28)20-10-6-18(7-11-20)17-4-8-19(9-5-17)26(2)3/h4-11,16,21,29,32H,12-15H2,1-3H3,(H,24,31)(H,25,30)/t16-,21+/m1/s1. The van der Waals surface area contributed by atoms with Crippen molar-refractivity contribution in [2.45, 2.75) is 19.1 Å². The van der Waals surface area contributed by atoms with Crippen LogP contribution in [0, 0.1) is 0 Å². The molecular weight excluding hydrogens is 410 g/mol. The fourth-order valence-corrected chi connectivity index (χ4v) is 3.68. The molecule has 4 N–H and O–H groups in total. The minimum atomic E-state index is -1.22. The lowest BCUT2D eigenvalue weighted by atomic mass is 10.0. The Kier molecular flexibility index (Phi) is 7.55. The molecule has 0 saturated carbocycles. The van der Waals surface area contributed by atoms with E-state index in [1.807, 2.05) is 14.1 Å². The quantitative estimate of drug-likeness (QED) is 0.400. The van der Waals surface area contributed by atoms with Gasteiger partial charge < -0.3 is 25.1 Å². The van der Waals surface area contributed by atoms with Gasteiger partial charge in [-0.1, -0.05) is 24.3 Å². The number of aliphatic hydroxyl groups is 1. The lowest BCUT2D eigenvalue weighted by Gasteiger charge is -2.36. The number of carbonyl (C=O) groups excluding carboxylic acids is 2. The van der Waals surface area contributed by atoms with Gasteiger partial charge in [-0.2, -0.15) is 0 Å². The number of anilines is 2. The molecule has 2 atom stereocenters. The summed E-state index contributed by atoms with van der Waals surface area (Å²) < 4.78 is 0. The van der Waals surface area contributed by atoms with Crippen LogP contribution >= 0.6 is 0 Å². The molecule has 3 rings (SSSR count). The number of nitrogens with one attached hydrogen (secondary N) is 2. The number of hydroxylamine groups is 1. The Morgan fingerprint density at radius 1 is 0.938 bits per heavy atom. The maximum atomic E-state index is 12.5. The lowest BCUT2D eigenvalue weighted by molar-refractivity contribution is -0.133. The Bertz CT molecular complexity index is 907. The second-order valence-electron chi connectivity index (χ2n) is 8.11. The van der Waals surface area contributed by atoms with E-state index in [0.29, 0.717) is 26.2 Å². The van der Waals surface area contributed by atoms with E-state index in [9.17, 15) is 14.7 Å². The predicted octanol–water partition coefficient (Wildman–Crippen LogP) is 1.51. The third kappa shape index (κ3) is 5.49. The van der Waals surface area contributed by atoms with Gasteiger partial charge in [0.25, 0.3) is 5.91 Å². The summed E-state index contributed by atoms with van der Waals surface area (Å²) >= 11 is 0. The summed E-state index contributed by atoms with van der Waals surface area (Å²) in [7, 11) is 4.04. The zero-order chi connectivity index (χ0) is 23.3. The van der Waals surface area contributed by atoms with Gasteiger partial charge in [-0.15, -0.1) is 0 Å². The van der Waals surface area contributed by atoms with Crippen LogP contribution in [-0.2, 0) is 4.79 Å². The normalized spacial score (nSPS) is 15.7. The monoisotopic (exact) mass is 441 g/mol. The van der Waals surface area contributed by atoms with Gasteiger partial charge in [0.05, 0.1) is 6.10 Å². The SMILES string of the molecule is C[C@@H](O)[C@H](NC(=O)N1CCN(c2ccc(-c3ccc(N(C)C)cc3)cc2)CC1)C(=O)NO. The third-order valence-electron chi connectivity index (χ3n) is 5.67. The van der Waals surface area contributed by atoms with Crippen molar-refractivity contribution in [2.24, 2.45) is 0 Å². The molecule has 2 aromatic carbocycles. The Labute approximate surface area is 188 Å². The smallest absolute Gasteiger partial charge is 0.318 e. The fraction of sp³-hybridized carbons (Fsp3) is 0.391. The molecule has 0 aromatic heterocycles. The second-order valence-corrected chi connectivity index (χ2v) is 8.11. The number of benzene rings is 2. The first-order valence-corrected chi connectivity index (χ1v) is 10.6. The highest BCUT2D eigenvalue weighted by Crippen LogP contribution is 2.25. The molecule has 1 saturated heterocycles. The number of hydrogen-bond acceptors (Lipinski definition) is 6. The van der Waals surface area contributed by atoms with Crippen molar-refractivity contribution in [3.8, 4) is 11.1 Å². The number of hydrogen-bond donors (Lipinski definition) is 4. The predicted molar refractivity (Wildman–Crippen MR) is 124 cm³/mol. The summed E-state index contributed by atoms with van der Waals surface area (Å²) in [4.78, 5) is 30.0. The molecule has 0 radical (unpaired) electrons. The van der Waals surface area contributed by atoms with Crippen LogP contribution in [0.2, 0.25) is 0 Å². The van der Waals surface area contributed by atoms with Gasteiger partial charge in [-0.3, -0.25) is 10.0 Å². The minimum absolute atomic E-state index is 0.448. The van der Waals surface area contributed by atoms with Gasteiger partial charge in [0.1, 0.15) is 6.04 Å². The van der Waals surface area contributed by atoms with E-state index in [2.05, 4.69) is 63.6 Å². The highest BCUT2D eigenvalue weighted by Gasteiger charge is 2.29. The van der Waals surface area contributed by atoms with Crippen LogP contribution in [0.25, 0.3) is 11.1 Å². The largest absolute Gasteiger partial charge is 0.391 e. The van der Waals surface area contributed by atoms with Gasteiger partial charge >= 0.3 is 6.03 Å². The molecule has 2 aromatic rings. The van der Waals surface area contributed by atoms with E-state index in [4.69, 9.17) is 5.21 Å². The van der Waals surface area contributed by atoms with Crippen LogP contribution in [0.1, 0.15) is 6.92 Å². The number of aliphatic hydroxyl groups excluding tert-OH is 1. The molecule has 1 aliphatic heterocycles. The molecule has 32 heavy (non-hydrogen) atoms. The first kappa shape index (κ1) is 23.4. The zero-order valence-corrected chi connectivity index (χ0v) is 18.7. The molecule has 1 aliphatic rings. The number of amides is 3. The summed E-state index contributed by atoms with van der Waals surface area (Å²) in [6.45, 7) is 3.63. The van der Waals surface area contributed by atoms with Crippen LogP contribution in [-0.4, -0.2) is 79.6 Å². The summed E-state index contributed by atoms with van der Waals surface area (Å²) in [5.41, 5.74) is 6.00. The first-order valence-electron chi connectivity index (χ1n) is 10.6. The molecule has 0 unspecified atom stereocenters. The summed E-state index contributed by atoms with van der Waals surface area (Å²) in [6, 6.07) is 15.1. The van der Waals surface area contributed by atoms with Gasteiger partial charge in [-0.05, 0) is 42.3 Å². The molecule has 9 heteroatoms. The Morgan fingerprint density at radius 2 is 1.47 bits per heavy atom. The molecule has 172 valence electrons. The Balaban J connectivity index is 1.57. The zero-order valence-electron chi connectivity index (χ0n) is 18.7. The number of carbonyl (C=O) groups is 2. The Morgan fingerprint density at radius 3 is 1.94 bits per heavy atom. The van der Waals surface area contributed by atoms with E-state index >= 15 is 0 Å². The summed E-state index contributed by atoms with van der Waals surface area (Å²) in [5.74, 6) is -0.858. The number of nitrogens with zero attached hydrogens (tertiary/aromatic N) is 3. The molecule has 9 nitrogen and oxygen atoms in total.